The minimum absolute atomic E-state index is 0.115. The molecule has 0 unspecified atom stereocenters. The minimum atomic E-state index is 0.115. The summed E-state index contributed by atoms with van der Waals surface area (Å²) >= 11 is 1.40. The molecule has 0 radical (unpaired) electrons. The monoisotopic (exact) mass is 355 g/mol. The maximum absolute atomic E-state index is 12.7. The molecule has 0 bridgehead atoms. The van der Waals surface area contributed by atoms with Crippen molar-refractivity contribution in [2.24, 2.45) is 7.05 Å². The molecule has 6 heteroatoms. The van der Waals surface area contributed by atoms with Crippen LogP contribution in [-0.4, -0.2) is 26.3 Å². The zero-order valence-corrected chi connectivity index (χ0v) is 15.9. The molecule has 5 nitrogen and oxygen atoms in total. The van der Waals surface area contributed by atoms with Gasteiger partial charge in [-0.05, 0) is 44.9 Å². The largest absolute Gasteiger partial charge is 0.469 e. The third-order valence-corrected chi connectivity index (χ3v) is 5.24. The van der Waals surface area contributed by atoms with E-state index in [1.807, 2.05) is 57.5 Å². The Morgan fingerprint density at radius 2 is 1.84 bits per heavy atom. The molecule has 3 rings (SSSR count). The van der Waals surface area contributed by atoms with E-state index in [4.69, 9.17) is 4.42 Å². The summed E-state index contributed by atoms with van der Waals surface area (Å²) in [5, 5.41) is 9.17. The average molecular weight is 355 g/mol. The number of carbonyl (C=O) groups excluding carboxylic acids is 1. The van der Waals surface area contributed by atoms with Crippen LogP contribution in [0.5, 0.6) is 0 Å². The second-order valence-corrected chi connectivity index (χ2v) is 7.18. The fraction of sp³-hybridized carbons (Fsp3) is 0.316. The first kappa shape index (κ1) is 17.5. The lowest BCUT2D eigenvalue weighted by molar-refractivity contribution is 0.102. The maximum Gasteiger partial charge on any atom is 0.191 e. The Hall–Kier alpha value is -2.34. The molecule has 25 heavy (non-hydrogen) atoms. The Morgan fingerprint density at radius 3 is 2.44 bits per heavy atom. The third-order valence-electron chi connectivity index (χ3n) is 4.22. The summed E-state index contributed by atoms with van der Waals surface area (Å²) in [4.78, 5) is 12.7. The Labute approximate surface area is 151 Å². The van der Waals surface area contributed by atoms with Gasteiger partial charge in [0.15, 0.2) is 16.8 Å². The van der Waals surface area contributed by atoms with E-state index in [9.17, 15) is 4.79 Å². The van der Waals surface area contributed by atoms with Crippen molar-refractivity contribution in [3.05, 3.63) is 52.5 Å². The van der Waals surface area contributed by atoms with Crippen molar-refractivity contribution < 1.29 is 9.21 Å². The number of hydrogen-bond acceptors (Lipinski definition) is 5. The van der Waals surface area contributed by atoms with Crippen LogP contribution in [0.4, 0.5) is 0 Å². The number of thioether (sulfide) groups is 1. The van der Waals surface area contributed by atoms with Gasteiger partial charge in [-0.2, -0.15) is 0 Å². The molecule has 0 aliphatic heterocycles. The van der Waals surface area contributed by atoms with Crippen LogP contribution in [0.2, 0.25) is 0 Å². The van der Waals surface area contributed by atoms with Gasteiger partial charge in [0.25, 0.3) is 0 Å². The molecule has 0 amide bonds. The highest BCUT2D eigenvalue weighted by Crippen LogP contribution is 2.27. The van der Waals surface area contributed by atoms with E-state index in [-0.39, 0.29) is 5.78 Å². The summed E-state index contributed by atoms with van der Waals surface area (Å²) in [5.41, 5.74) is 4.95. The fourth-order valence-corrected chi connectivity index (χ4v) is 3.90. The zero-order valence-electron chi connectivity index (χ0n) is 15.1. The van der Waals surface area contributed by atoms with E-state index in [1.54, 1.807) is 6.26 Å². The van der Waals surface area contributed by atoms with E-state index >= 15 is 0 Å². The van der Waals surface area contributed by atoms with Crippen LogP contribution in [0.1, 0.15) is 32.8 Å². The lowest BCUT2D eigenvalue weighted by Crippen LogP contribution is -2.08. The van der Waals surface area contributed by atoms with Gasteiger partial charge < -0.3 is 8.98 Å². The summed E-state index contributed by atoms with van der Waals surface area (Å²) in [6, 6.07) is 5.97. The minimum Gasteiger partial charge on any atom is -0.469 e. The van der Waals surface area contributed by atoms with Gasteiger partial charge in [-0.15, -0.1) is 10.2 Å². The van der Waals surface area contributed by atoms with Gasteiger partial charge in [0.1, 0.15) is 5.76 Å². The average Bonchev–Trinajstić information content (AvgIpc) is 3.10. The molecule has 1 aromatic carbocycles. The normalized spacial score (nSPS) is 11.1. The van der Waals surface area contributed by atoms with Crippen LogP contribution < -0.4 is 0 Å². The third kappa shape index (κ3) is 3.39. The molecule has 3 aromatic rings. The number of hydrogen-bond donors (Lipinski definition) is 0. The van der Waals surface area contributed by atoms with Gasteiger partial charge in [0.2, 0.25) is 0 Å². The second-order valence-electron chi connectivity index (χ2n) is 6.24. The molecule has 0 aliphatic carbocycles. The van der Waals surface area contributed by atoms with Crippen molar-refractivity contribution in [3.63, 3.8) is 0 Å². The molecular formula is C19H21N3O2S. The van der Waals surface area contributed by atoms with Crippen LogP contribution in [0.15, 0.2) is 34.0 Å². The fourth-order valence-electron chi connectivity index (χ4n) is 3.11. The number of ketones is 1. The molecule has 130 valence electrons. The van der Waals surface area contributed by atoms with Crippen molar-refractivity contribution in [2.45, 2.75) is 32.9 Å². The number of nitrogens with zero attached hydrogens (tertiary/aromatic N) is 3. The molecule has 2 heterocycles. The smallest absolute Gasteiger partial charge is 0.191 e. The van der Waals surface area contributed by atoms with Crippen molar-refractivity contribution in [3.8, 4) is 11.4 Å². The summed E-state index contributed by atoms with van der Waals surface area (Å²) < 4.78 is 7.23. The van der Waals surface area contributed by atoms with E-state index in [0.717, 1.165) is 33.8 Å². The van der Waals surface area contributed by atoms with Gasteiger partial charge in [-0.1, -0.05) is 29.5 Å². The highest BCUT2D eigenvalue weighted by atomic mass is 32.2. The van der Waals surface area contributed by atoms with Crippen molar-refractivity contribution >= 4 is 17.5 Å². The Kier molecular flexibility index (Phi) is 4.81. The highest BCUT2D eigenvalue weighted by molar-refractivity contribution is 7.99. The number of furan rings is 1. The molecule has 0 N–H and O–H groups in total. The number of rotatable bonds is 5. The van der Waals surface area contributed by atoms with Crippen LogP contribution in [0.3, 0.4) is 0 Å². The summed E-state index contributed by atoms with van der Waals surface area (Å²) in [6.45, 7) is 7.91. The molecule has 0 saturated carbocycles. The first-order chi connectivity index (χ1) is 11.9. The molecule has 0 atom stereocenters. The Morgan fingerprint density at radius 1 is 1.16 bits per heavy atom. The van der Waals surface area contributed by atoms with Gasteiger partial charge >= 0.3 is 0 Å². The van der Waals surface area contributed by atoms with Crippen molar-refractivity contribution in [1.82, 2.24) is 14.8 Å². The molecule has 0 spiro atoms. The SMILES string of the molecule is Cc1cc(C)c(C(=O)CSc2nnc(-c3ccoc3C)n2C)c(C)c1. The van der Waals surface area contributed by atoms with Crippen molar-refractivity contribution in [2.75, 3.05) is 5.75 Å². The van der Waals surface area contributed by atoms with Crippen LogP contribution in [0, 0.1) is 27.7 Å². The molecule has 0 saturated heterocycles. The molecular weight excluding hydrogens is 334 g/mol. The van der Waals surface area contributed by atoms with Crippen molar-refractivity contribution in [1.29, 1.82) is 0 Å². The van der Waals surface area contributed by atoms with E-state index in [2.05, 4.69) is 10.2 Å². The predicted octanol–water partition coefficient (Wildman–Crippen LogP) is 4.28. The number of aryl methyl sites for hydroxylation is 4. The Bertz CT molecular complexity index is 917. The van der Waals surface area contributed by atoms with Gasteiger partial charge in [0, 0.05) is 12.6 Å². The van der Waals surface area contributed by atoms with E-state index in [1.165, 1.54) is 17.3 Å². The van der Waals surface area contributed by atoms with Gasteiger partial charge in [-0.3, -0.25) is 4.79 Å². The van der Waals surface area contributed by atoms with Crippen LogP contribution in [-0.2, 0) is 7.05 Å². The topological polar surface area (TPSA) is 60.9 Å². The van der Waals surface area contributed by atoms with Crippen LogP contribution >= 0.6 is 11.8 Å². The number of Topliss-reactive ketones (excluding diaryl/α,β-unsaturated/α-hetero) is 1. The summed E-state index contributed by atoms with van der Waals surface area (Å²) in [7, 11) is 1.90. The zero-order chi connectivity index (χ0) is 18.1. The molecule has 0 aliphatic rings. The number of benzene rings is 1. The lowest BCUT2D eigenvalue weighted by atomic mass is 9.97. The summed E-state index contributed by atoms with van der Waals surface area (Å²) in [6.07, 6.45) is 1.64. The standard InChI is InChI=1S/C19H21N3O2S/c1-11-8-12(2)17(13(3)9-11)16(23)10-25-19-21-20-18(22(19)5)15-6-7-24-14(15)4/h6-9H,10H2,1-5H3. The van der Waals surface area contributed by atoms with E-state index in [0.29, 0.717) is 10.9 Å². The predicted molar refractivity (Wildman–Crippen MR) is 99.1 cm³/mol. The number of carbonyl (C=O) groups is 1. The molecule has 2 aromatic heterocycles. The lowest BCUT2D eigenvalue weighted by Gasteiger charge is -2.10. The van der Waals surface area contributed by atoms with Crippen LogP contribution in [0.25, 0.3) is 11.4 Å². The first-order valence-corrected chi connectivity index (χ1v) is 9.04. The van der Waals surface area contributed by atoms with Gasteiger partial charge in [0.05, 0.1) is 17.6 Å². The van der Waals surface area contributed by atoms with Gasteiger partial charge in [-0.25, -0.2) is 0 Å². The quantitative estimate of drug-likeness (QED) is 0.505. The number of aromatic nitrogens is 3. The summed E-state index contributed by atoms with van der Waals surface area (Å²) in [5.74, 6) is 1.99. The first-order valence-electron chi connectivity index (χ1n) is 8.06. The Balaban J connectivity index is 1.78. The molecule has 0 fully saturated rings. The highest BCUT2D eigenvalue weighted by Gasteiger charge is 2.18. The second kappa shape index (κ2) is 6.88. The maximum atomic E-state index is 12.7. The van der Waals surface area contributed by atoms with E-state index < -0.39 is 0 Å².